The Labute approximate surface area is 201 Å². The molecule has 0 aromatic heterocycles. The van der Waals surface area contributed by atoms with Crippen LogP contribution in [0.1, 0.15) is 25.0 Å². The predicted molar refractivity (Wildman–Crippen MR) is 124 cm³/mol. The molecule has 5 nitrogen and oxygen atoms in total. The number of halogens is 4. The maximum Gasteiger partial charge on any atom is 0.416 e. The average Bonchev–Trinajstić information content (AvgIpc) is 2.81. The highest BCUT2D eigenvalue weighted by Gasteiger charge is 2.31. The second-order valence-electron chi connectivity index (χ2n) is 8.15. The monoisotopic (exact) mass is 508 g/mol. The van der Waals surface area contributed by atoms with Crippen LogP contribution in [0.5, 0.6) is 0 Å². The standard InChI is InChI=1S/C25H24F4N2O3S/c1-17(2)31(35(33,34)23-12-10-22(26)11-13-23)16-24(32)30-15-18-6-8-19(9-7-18)20-4-3-5-21(14-20)25(27,28)29/h3-14,17H,15-16H2,1-2H3,(H,30,32). The van der Waals surface area contributed by atoms with E-state index in [0.717, 1.165) is 40.7 Å². The summed E-state index contributed by atoms with van der Waals surface area (Å²) >= 11 is 0. The number of benzene rings is 3. The Morgan fingerprint density at radius 2 is 1.57 bits per heavy atom. The quantitative estimate of drug-likeness (QED) is 0.424. The second-order valence-corrected chi connectivity index (χ2v) is 10.0. The van der Waals surface area contributed by atoms with E-state index in [1.807, 2.05) is 0 Å². The molecule has 3 aromatic carbocycles. The van der Waals surface area contributed by atoms with Crippen molar-refractivity contribution in [2.75, 3.05) is 6.54 Å². The first-order chi connectivity index (χ1) is 16.4. The van der Waals surface area contributed by atoms with Crippen LogP contribution in [0, 0.1) is 5.82 Å². The van der Waals surface area contributed by atoms with Gasteiger partial charge >= 0.3 is 6.18 Å². The third kappa shape index (κ3) is 6.67. The molecule has 0 aliphatic rings. The minimum absolute atomic E-state index is 0.101. The Hall–Kier alpha value is -3.24. The van der Waals surface area contributed by atoms with Gasteiger partial charge in [-0.25, -0.2) is 12.8 Å². The van der Waals surface area contributed by atoms with Crippen LogP contribution in [-0.4, -0.2) is 31.2 Å². The summed E-state index contributed by atoms with van der Waals surface area (Å²) in [6.07, 6.45) is -4.44. The summed E-state index contributed by atoms with van der Waals surface area (Å²) in [5, 5.41) is 2.65. The van der Waals surface area contributed by atoms with Crippen LogP contribution >= 0.6 is 0 Å². The van der Waals surface area contributed by atoms with Gasteiger partial charge in [0.2, 0.25) is 15.9 Å². The van der Waals surface area contributed by atoms with Crippen LogP contribution in [0.3, 0.4) is 0 Å². The molecule has 0 unspecified atom stereocenters. The van der Waals surface area contributed by atoms with E-state index in [9.17, 15) is 30.8 Å². The number of sulfonamides is 1. The predicted octanol–water partition coefficient (Wildman–Crippen LogP) is 5.23. The van der Waals surface area contributed by atoms with Gasteiger partial charge in [-0.1, -0.05) is 36.4 Å². The lowest BCUT2D eigenvalue weighted by atomic mass is 10.0. The Morgan fingerprint density at radius 3 is 2.14 bits per heavy atom. The first kappa shape index (κ1) is 26.4. The normalized spacial score (nSPS) is 12.2. The molecule has 186 valence electrons. The summed E-state index contributed by atoms with van der Waals surface area (Å²) in [6.45, 7) is 2.92. The molecular weight excluding hydrogens is 484 g/mol. The first-order valence-electron chi connectivity index (χ1n) is 10.7. The smallest absolute Gasteiger partial charge is 0.351 e. The second kappa shape index (κ2) is 10.6. The molecule has 3 rings (SSSR count). The molecule has 35 heavy (non-hydrogen) atoms. The summed E-state index contributed by atoms with van der Waals surface area (Å²) in [7, 11) is -4.02. The fourth-order valence-electron chi connectivity index (χ4n) is 3.38. The van der Waals surface area contributed by atoms with E-state index < -0.39 is 46.1 Å². The van der Waals surface area contributed by atoms with Crippen molar-refractivity contribution in [2.24, 2.45) is 0 Å². The van der Waals surface area contributed by atoms with Gasteiger partial charge in [0.15, 0.2) is 0 Å². The SMILES string of the molecule is CC(C)N(CC(=O)NCc1ccc(-c2cccc(C(F)(F)F)c2)cc1)S(=O)(=O)c1ccc(F)cc1. The van der Waals surface area contributed by atoms with Gasteiger partial charge in [-0.2, -0.15) is 17.5 Å². The number of alkyl halides is 3. The van der Waals surface area contributed by atoms with Crippen molar-refractivity contribution in [1.29, 1.82) is 0 Å². The summed E-state index contributed by atoms with van der Waals surface area (Å²) in [5.41, 5.74) is 0.944. The molecular formula is C25H24F4N2O3S. The van der Waals surface area contributed by atoms with Gasteiger partial charge in [0.25, 0.3) is 0 Å². The molecule has 10 heteroatoms. The summed E-state index contributed by atoms with van der Waals surface area (Å²) in [5.74, 6) is -1.11. The lowest BCUT2D eigenvalue weighted by Crippen LogP contribution is -2.44. The molecule has 0 fully saturated rings. The molecule has 0 heterocycles. The molecule has 0 saturated heterocycles. The van der Waals surface area contributed by atoms with Crippen molar-refractivity contribution in [1.82, 2.24) is 9.62 Å². The zero-order chi connectivity index (χ0) is 25.8. The molecule has 0 aliphatic heterocycles. The minimum Gasteiger partial charge on any atom is -0.351 e. The fourth-order valence-corrected chi connectivity index (χ4v) is 4.97. The zero-order valence-electron chi connectivity index (χ0n) is 19.0. The molecule has 3 aromatic rings. The van der Waals surface area contributed by atoms with E-state index in [1.165, 1.54) is 6.07 Å². The van der Waals surface area contributed by atoms with Crippen molar-refractivity contribution in [3.8, 4) is 11.1 Å². The average molecular weight is 509 g/mol. The van der Waals surface area contributed by atoms with Gasteiger partial charge in [0, 0.05) is 12.6 Å². The largest absolute Gasteiger partial charge is 0.416 e. The van der Waals surface area contributed by atoms with Gasteiger partial charge in [-0.05, 0) is 66.9 Å². The summed E-state index contributed by atoms with van der Waals surface area (Å²) < 4.78 is 78.9. The van der Waals surface area contributed by atoms with E-state index in [-0.39, 0.29) is 11.4 Å². The third-order valence-electron chi connectivity index (χ3n) is 5.26. The van der Waals surface area contributed by atoms with Crippen LogP contribution in [0.25, 0.3) is 11.1 Å². The highest BCUT2D eigenvalue weighted by molar-refractivity contribution is 7.89. The van der Waals surface area contributed by atoms with Gasteiger partial charge in [-0.15, -0.1) is 0 Å². The zero-order valence-corrected chi connectivity index (χ0v) is 19.8. The van der Waals surface area contributed by atoms with Crippen LogP contribution in [-0.2, 0) is 27.5 Å². The molecule has 0 bridgehead atoms. The van der Waals surface area contributed by atoms with Gasteiger partial charge in [0.05, 0.1) is 17.0 Å². The van der Waals surface area contributed by atoms with Crippen LogP contribution < -0.4 is 5.32 Å². The minimum atomic E-state index is -4.44. The molecule has 0 saturated carbocycles. The summed E-state index contributed by atoms with van der Waals surface area (Å²) in [4.78, 5) is 12.4. The van der Waals surface area contributed by atoms with E-state index >= 15 is 0 Å². The number of nitrogens with zero attached hydrogens (tertiary/aromatic N) is 1. The Kier molecular flexibility index (Phi) is 7.97. The number of rotatable bonds is 8. The Balaban J connectivity index is 1.65. The van der Waals surface area contributed by atoms with Crippen molar-refractivity contribution in [3.05, 3.63) is 89.7 Å². The van der Waals surface area contributed by atoms with E-state index in [1.54, 1.807) is 44.2 Å². The topological polar surface area (TPSA) is 66.5 Å². The maximum absolute atomic E-state index is 13.2. The van der Waals surface area contributed by atoms with Crippen molar-refractivity contribution in [3.63, 3.8) is 0 Å². The van der Waals surface area contributed by atoms with Crippen LogP contribution in [0.2, 0.25) is 0 Å². The molecule has 0 atom stereocenters. The van der Waals surface area contributed by atoms with Gasteiger partial charge < -0.3 is 5.32 Å². The maximum atomic E-state index is 13.2. The van der Waals surface area contributed by atoms with Crippen molar-refractivity contribution < 1.29 is 30.8 Å². The Bertz CT molecular complexity index is 1270. The highest BCUT2D eigenvalue weighted by Crippen LogP contribution is 2.32. The van der Waals surface area contributed by atoms with Gasteiger partial charge in [0.1, 0.15) is 5.82 Å². The van der Waals surface area contributed by atoms with E-state index in [2.05, 4.69) is 5.32 Å². The number of hydrogen-bond acceptors (Lipinski definition) is 3. The highest BCUT2D eigenvalue weighted by atomic mass is 32.2. The molecule has 1 N–H and O–H groups in total. The van der Waals surface area contributed by atoms with Crippen LogP contribution in [0.4, 0.5) is 17.6 Å². The number of nitrogens with one attached hydrogen (secondary N) is 1. The first-order valence-corrected chi connectivity index (χ1v) is 12.1. The van der Waals surface area contributed by atoms with Crippen LogP contribution in [0.15, 0.2) is 77.7 Å². The van der Waals surface area contributed by atoms with E-state index in [4.69, 9.17) is 0 Å². The molecule has 0 aliphatic carbocycles. The van der Waals surface area contributed by atoms with Crippen molar-refractivity contribution >= 4 is 15.9 Å². The Morgan fingerprint density at radius 1 is 0.943 bits per heavy atom. The number of hydrogen-bond donors (Lipinski definition) is 1. The number of amides is 1. The van der Waals surface area contributed by atoms with Gasteiger partial charge in [-0.3, -0.25) is 4.79 Å². The lowest BCUT2D eigenvalue weighted by Gasteiger charge is -2.25. The molecule has 0 spiro atoms. The number of carbonyl (C=O) groups is 1. The lowest BCUT2D eigenvalue weighted by molar-refractivity contribution is -0.137. The number of carbonyl (C=O) groups excluding carboxylic acids is 1. The van der Waals surface area contributed by atoms with Crippen molar-refractivity contribution in [2.45, 2.75) is 37.5 Å². The molecule has 1 amide bonds. The fraction of sp³-hybridized carbons (Fsp3) is 0.240. The summed E-state index contributed by atoms with van der Waals surface area (Å²) in [6, 6.07) is 15.5. The van der Waals surface area contributed by atoms with E-state index in [0.29, 0.717) is 16.7 Å². The molecule has 0 radical (unpaired) electrons. The third-order valence-corrected chi connectivity index (χ3v) is 7.30.